The monoisotopic (exact) mass is 723 g/mol. The van der Waals surface area contributed by atoms with Gasteiger partial charge in [0.1, 0.15) is 5.75 Å². The highest BCUT2D eigenvalue weighted by Crippen LogP contribution is 2.66. The van der Waals surface area contributed by atoms with Gasteiger partial charge < -0.3 is 18.8 Å². The van der Waals surface area contributed by atoms with Crippen molar-refractivity contribution in [3.63, 3.8) is 0 Å². The van der Waals surface area contributed by atoms with Crippen LogP contribution in [0.1, 0.15) is 89.9 Å². The van der Waals surface area contributed by atoms with Crippen molar-refractivity contribution in [2.24, 2.45) is 11.3 Å². The second kappa shape index (κ2) is 12.1. The molecule has 9 rings (SSSR count). The zero-order valence-electron chi connectivity index (χ0n) is 29.9. The summed E-state index contributed by atoms with van der Waals surface area (Å²) >= 11 is 0. The van der Waals surface area contributed by atoms with Gasteiger partial charge in [-0.15, -0.1) is 0 Å². The maximum atomic E-state index is 15.2. The molecule has 1 saturated heterocycles. The van der Waals surface area contributed by atoms with E-state index in [1.54, 1.807) is 19.2 Å². The van der Waals surface area contributed by atoms with Gasteiger partial charge >= 0.3 is 10.2 Å². The highest BCUT2D eigenvalue weighted by atomic mass is 32.2. The number of fused-ring (bicyclic) bond motifs is 11. The van der Waals surface area contributed by atoms with Crippen LogP contribution in [0, 0.1) is 11.3 Å². The van der Waals surface area contributed by atoms with Crippen LogP contribution in [0.4, 0.5) is 0 Å². The first-order valence-electron chi connectivity index (χ1n) is 18.6. The van der Waals surface area contributed by atoms with Crippen molar-refractivity contribution < 1.29 is 22.7 Å². The Morgan fingerprint density at radius 2 is 1.75 bits per heavy atom. The van der Waals surface area contributed by atoms with Crippen molar-refractivity contribution in [1.29, 1.82) is 0 Å². The summed E-state index contributed by atoms with van der Waals surface area (Å²) in [4.78, 5) is 43.4. The zero-order valence-corrected chi connectivity index (χ0v) is 30.7. The molecule has 5 heterocycles. The quantitative estimate of drug-likeness (QED) is 0.292. The second-order valence-corrected chi connectivity index (χ2v) is 17.8. The number of ether oxygens (including phenoxy) is 1. The van der Waals surface area contributed by atoms with E-state index in [9.17, 15) is 18.0 Å². The van der Waals surface area contributed by atoms with E-state index >= 15 is 4.79 Å². The molecule has 4 unspecified atom stereocenters. The average Bonchev–Trinajstić information content (AvgIpc) is 3.81. The Balaban J connectivity index is 1.19. The Kier molecular flexibility index (Phi) is 7.75. The van der Waals surface area contributed by atoms with Crippen LogP contribution in [0.25, 0.3) is 22.2 Å². The lowest BCUT2D eigenvalue weighted by molar-refractivity contribution is -0.140. The topological polar surface area (TPSA) is 123 Å². The minimum absolute atomic E-state index is 0.00681. The highest BCUT2D eigenvalue weighted by Gasteiger charge is 2.64. The predicted octanol–water partition coefficient (Wildman–Crippen LogP) is 5.20. The lowest BCUT2D eigenvalue weighted by Gasteiger charge is -2.44. The minimum atomic E-state index is -4.00. The Bertz CT molecular complexity index is 2320. The summed E-state index contributed by atoms with van der Waals surface area (Å²) in [5.74, 6) is 0.840. The van der Waals surface area contributed by atoms with E-state index in [1.807, 2.05) is 34.9 Å². The fraction of sp³-hybridized carbons (Fsp3) is 0.475. The molecule has 3 fully saturated rings. The summed E-state index contributed by atoms with van der Waals surface area (Å²) in [5.41, 5.74) is 6.00. The van der Waals surface area contributed by atoms with Gasteiger partial charge in [0.25, 0.3) is 11.5 Å². The molecular weight excluding hydrogens is 679 g/mol. The maximum Gasteiger partial charge on any atom is 0.303 e. The summed E-state index contributed by atoms with van der Waals surface area (Å²) in [6.45, 7) is 2.27. The van der Waals surface area contributed by atoms with E-state index in [2.05, 4.69) is 26.3 Å². The summed E-state index contributed by atoms with van der Waals surface area (Å²) in [6.07, 6.45) is 7.30. The fourth-order valence-electron chi connectivity index (χ4n) is 10.1. The van der Waals surface area contributed by atoms with E-state index < -0.39 is 21.5 Å². The number of hydrogen-bond acceptors (Lipinski definition) is 6. The molecule has 0 spiro atoms. The molecule has 1 N–H and O–H groups in total. The molecule has 3 aliphatic heterocycles. The van der Waals surface area contributed by atoms with Crippen LogP contribution >= 0.6 is 0 Å². The SMILES string of the molecule is COc1ccc2c(c1)C1CC1(C(=O)N1CC3CC(C1)c1cccc(=O)n1C3)Cn1c-2c(C2CCCCC2)c2ccc(C(=O)NS(=O)(=O)N(C)C)cc21. The summed E-state index contributed by atoms with van der Waals surface area (Å²) in [5, 5.41) is 1.05. The van der Waals surface area contributed by atoms with Gasteiger partial charge in [0, 0.05) is 85.9 Å². The van der Waals surface area contributed by atoms with Gasteiger partial charge in [-0.3, -0.25) is 14.4 Å². The Labute approximate surface area is 303 Å². The fourth-order valence-corrected chi connectivity index (χ4v) is 10.6. The highest BCUT2D eigenvalue weighted by molar-refractivity contribution is 7.87. The van der Waals surface area contributed by atoms with Crippen molar-refractivity contribution in [2.45, 2.75) is 75.8 Å². The number of nitrogens with one attached hydrogen (secondary N) is 1. The molecule has 4 atom stereocenters. The van der Waals surface area contributed by atoms with Gasteiger partial charge in [-0.2, -0.15) is 12.7 Å². The van der Waals surface area contributed by atoms with E-state index in [1.165, 1.54) is 26.1 Å². The van der Waals surface area contributed by atoms with Crippen molar-refractivity contribution in [1.82, 2.24) is 23.1 Å². The van der Waals surface area contributed by atoms with Gasteiger partial charge in [0.2, 0.25) is 5.91 Å². The number of piperidine rings is 1. The number of nitrogens with zero attached hydrogens (tertiary/aromatic N) is 4. The molecule has 2 aromatic carbocycles. The number of benzene rings is 2. The third-order valence-electron chi connectivity index (χ3n) is 12.7. The molecule has 0 radical (unpaired) electrons. The number of pyridine rings is 1. The van der Waals surface area contributed by atoms with E-state index in [-0.39, 0.29) is 34.8 Å². The number of carbonyl (C=O) groups excluding carboxylic acids is 2. The van der Waals surface area contributed by atoms with Crippen LogP contribution in [0.5, 0.6) is 5.75 Å². The first-order chi connectivity index (χ1) is 25.0. The van der Waals surface area contributed by atoms with E-state index in [0.717, 1.165) is 75.6 Å². The van der Waals surface area contributed by atoms with Gasteiger partial charge in [0.15, 0.2) is 0 Å². The van der Waals surface area contributed by atoms with Crippen LogP contribution < -0.4 is 15.0 Å². The average molecular weight is 724 g/mol. The Hall–Kier alpha value is -4.42. The normalized spacial score (nSPS) is 25.1. The van der Waals surface area contributed by atoms with Crippen molar-refractivity contribution in [3.8, 4) is 17.0 Å². The third kappa shape index (κ3) is 5.15. The van der Waals surface area contributed by atoms with Crippen LogP contribution in [0.15, 0.2) is 59.4 Å². The molecule has 272 valence electrons. The molecule has 2 aromatic heterocycles. The first-order valence-corrected chi connectivity index (χ1v) is 20.0. The Morgan fingerprint density at radius 1 is 0.942 bits per heavy atom. The maximum absolute atomic E-state index is 15.2. The summed E-state index contributed by atoms with van der Waals surface area (Å²) < 4.78 is 38.4. The Morgan fingerprint density at radius 3 is 2.52 bits per heavy atom. The smallest absolute Gasteiger partial charge is 0.303 e. The lowest BCUT2D eigenvalue weighted by atomic mass is 9.81. The van der Waals surface area contributed by atoms with Crippen LogP contribution in [-0.4, -0.2) is 72.9 Å². The van der Waals surface area contributed by atoms with E-state index in [4.69, 9.17) is 4.74 Å². The standard InChI is InChI=1S/C40H45N5O6S/c1-42(2)52(49,50)41-38(47)26-12-14-30-34(17-26)45-23-40(39(48)43-20-24-16-27(22-43)33-10-7-11-35(46)44(33)21-24)19-32(40)31-18-28(51-3)13-15-29(31)37(45)36(30)25-8-5-4-6-9-25/h7,10-15,17-18,24-25,27,32H,4-6,8-9,16,19-23H2,1-3H3,(H,41,47). The van der Waals surface area contributed by atoms with Crippen molar-refractivity contribution in [2.75, 3.05) is 34.3 Å². The predicted molar refractivity (Wildman–Crippen MR) is 198 cm³/mol. The summed E-state index contributed by atoms with van der Waals surface area (Å²) in [6, 6.07) is 17.3. The molecule has 12 heteroatoms. The van der Waals surface area contributed by atoms with Gasteiger partial charge in [0.05, 0.1) is 18.2 Å². The number of aromatic nitrogens is 2. The minimum Gasteiger partial charge on any atom is -0.497 e. The molecule has 2 saturated carbocycles. The van der Waals surface area contributed by atoms with Crippen LogP contribution in [0.2, 0.25) is 0 Å². The molecule has 52 heavy (non-hydrogen) atoms. The number of methoxy groups -OCH3 is 1. The van der Waals surface area contributed by atoms with Gasteiger partial charge in [-0.05, 0) is 85.0 Å². The number of amides is 2. The zero-order chi connectivity index (χ0) is 36.1. The van der Waals surface area contributed by atoms with Crippen LogP contribution in [-0.2, 0) is 28.1 Å². The van der Waals surface area contributed by atoms with Crippen LogP contribution in [0.3, 0.4) is 0 Å². The molecule has 5 aliphatic rings. The number of rotatable bonds is 6. The van der Waals surface area contributed by atoms with Gasteiger partial charge in [-0.1, -0.05) is 31.4 Å². The van der Waals surface area contributed by atoms with Gasteiger partial charge in [-0.25, -0.2) is 4.72 Å². The van der Waals surface area contributed by atoms with Crippen molar-refractivity contribution in [3.05, 3.63) is 87.3 Å². The molecule has 4 aromatic rings. The molecule has 2 aliphatic carbocycles. The largest absolute Gasteiger partial charge is 0.497 e. The van der Waals surface area contributed by atoms with E-state index in [0.29, 0.717) is 38.5 Å². The number of hydrogen-bond donors (Lipinski definition) is 1. The molecular formula is C40H45N5O6S. The summed E-state index contributed by atoms with van der Waals surface area (Å²) in [7, 11) is 0.436. The first kappa shape index (κ1) is 33.4. The lowest BCUT2D eigenvalue weighted by Crippen LogP contribution is -2.51. The number of likely N-dealkylation sites (tertiary alicyclic amines) is 1. The number of carbonyl (C=O) groups is 2. The molecule has 11 nitrogen and oxygen atoms in total. The molecule has 2 bridgehead atoms. The second-order valence-electron chi connectivity index (χ2n) is 15.9. The molecule has 2 amide bonds. The van der Waals surface area contributed by atoms with Crippen molar-refractivity contribution >= 4 is 32.9 Å². The third-order valence-corrected chi connectivity index (χ3v) is 14.1.